The fourth-order valence-electron chi connectivity index (χ4n) is 3.75. The average Bonchev–Trinajstić information content (AvgIpc) is 3.42. The number of nitrogens with zero attached hydrogens (tertiary/aromatic N) is 2. The molecule has 3 aromatic rings. The first-order chi connectivity index (χ1) is 15.5. The smallest absolute Gasteiger partial charge is 0.414 e. The van der Waals surface area contributed by atoms with E-state index in [2.05, 4.69) is 15.3 Å². The number of aromatic nitrogens is 2. The second-order valence-electron chi connectivity index (χ2n) is 7.80. The molecule has 166 valence electrons. The summed E-state index contributed by atoms with van der Waals surface area (Å²) >= 11 is 0. The molecule has 2 N–H and O–H groups in total. The minimum Gasteiger partial charge on any atom is -0.442 e. The van der Waals surface area contributed by atoms with Crippen molar-refractivity contribution in [2.24, 2.45) is 0 Å². The first kappa shape index (κ1) is 21.5. The van der Waals surface area contributed by atoms with Crippen LogP contribution in [0.2, 0.25) is 0 Å². The number of aryl methyl sites for hydroxylation is 2. The van der Waals surface area contributed by atoms with Crippen LogP contribution in [0.1, 0.15) is 24.7 Å². The molecular formula is C24H25FN4O3. The van der Waals surface area contributed by atoms with Crippen LogP contribution < -0.4 is 10.2 Å². The maximum absolute atomic E-state index is 14.9. The van der Waals surface area contributed by atoms with E-state index in [-0.39, 0.29) is 19.0 Å². The second-order valence-corrected chi connectivity index (χ2v) is 7.80. The average molecular weight is 436 g/mol. The Morgan fingerprint density at radius 2 is 2.06 bits per heavy atom. The number of rotatable bonds is 8. The predicted octanol–water partition coefficient (Wildman–Crippen LogP) is 3.85. The molecule has 1 aliphatic rings. The van der Waals surface area contributed by atoms with Crippen LogP contribution in [0.25, 0.3) is 11.1 Å². The molecule has 7 nitrogen and oxygen atoms in total. The number of anilines is 1. The molecule has 0 radical (unpaired) electrons. The van der Waals surface area contributed by atoms with Crippen LogP contribution in [-0.4, -0.2) is 41.2 Å². The van der Waals surface area contributed by atoms with Gasteiger partial charge in [-0.1, -0.05) is 24.3 Å². The number of ether oxygens (including phenoxy) is 1. The second kappa shape index (κ2) is 9.64. The number of imidazole rings is 1. The number of cyclic esters (lactones) is 1. The third kappa shape index (κ3) is 5.14. The zero-order valence-corrected chi connectivity index (χ0v) is 17.8. The quantitative estimate of drug-likeness (QED) is 0.562. The van der Waals surface area contributed by atoms with E-state index < -0.39 is 18.0 Å². The molecular weight excluding hydrogens is 411 g/mol. The van der Waals surface area contributed by atoms with Crippen molar-refractivity contribution in [2.75, 3.05) is 18.0 Å². The molecule has 1 saturated heterocycles. The van der Waals surface area contributed by atoms with Crippen molar-refractivity contribution in [2.45, 2.75) is 32.3 Å². The zero-order chi connectivity index (χ0) is 22.5. The van der Waals surface area contributed by atoms with Crippen molar-refractivity contribution in [1.29, 1.82) is 0 Å². The van der Waals surface area contributed by atoms with E-state index in [1.165, 1.54) is 23.5 Å². The predicted molar refractivity (Wildman–Crippen MR) is 119 cm³/mol. The normalized spacial score (nSPS) is 15.6. The molecule has 2 aromatic carbocycles. The minimum atomic E-state index is -0.550. The molecule has 0 bridgehead atoms. The monoisotopic (exact) mass is 436 g/mol. The van der Waals surface area contributed by atoms with Crippen molar-refractivity contribution in [1.82, 2.24) is 15.3 Å². The van der Waals surface area contributed by atoms with Gasteiger partial charge in [-0.05, 0) is 42.2 Å². The summed E-state index contributed by atoms with van der Waals surface area (Å²) in [4.78, 5) is 31.9. The van der Waals surface area contributed by atoms with Gasteiger partial charge in [0.2, 0.25) is 5.91 Å². The van der Waals surface area contributed by atoms with Crippen molar-refractivity contribution in [3.8, 4) is 11.1 Å². The summed E-state index contributed by atoms with van der Waals surface area (Å²) in [5.41, 5.74) is 2.85. The van der Waals surface area contributed by atoms with E-state index in [1.54, 1.807) is 18.3 Å². The lowest BCUT2D eigenvalue weighted by Crippen LogP contribution is -2.33. The van der Waals surface area contributed by atoms with E-state index >= 15 is 0 Å². The standard InChI is InChI=1S/C24H25FN4O3/c1-16(30)28-14-20-15-29(24(31)32-20)19-9-10-21(22(25)13-19)18-7-5-17(6-8-18)3-2-4-23-26-11-12-27-23/h5-13,20H,2-4,14-15H2,1H3,(H,26,27)(H,28,30)/t20-/m0/s1. The number of hydrogen-bond acceptors (Lipinski definition) is 4. The van der Waals surface area contributed by atoms with Gasteiger partial charge in [0.1, 0.15) is 17.7 Å². The molecule has 32 heavy (non-hydrogen) atoms. The van der Waals surface area contributed by atoms with E-state index in [0.29, 0.717) is 11.3 Å². The largest absolute Gasteiger partial charge is 0.442 e. The molecule has 4 rings (SSSR count). The Kier molecular flexibility index (Phi) is 6.49. The third-order valence-corrected chi connectivity index (χ3v) is 5.42. The zero-order valence-electron chi connectivity index (χ0n) is 17.8. The number of halogens is 1. The van der Waals surface area contributed by atoms with Crippen LogP contribution in [-0.2, 0) is 22.4 Å². The molecule has 1 aromatic heterocycles. The van der Waals surface area contributed by atoms with Crippen molar-refractivity contribution in [3.63, 3.8) is 0 Å². The molecule has 1 atom stereocenters. The number of hydrogen-bond donors (Lipinski definition) is 2. The molecule has 0 saturated carbocycles. The summed E-state index contributed by atoms with van der Waals surface area (Å²) in [6.45, 7) is 1.88. The lowest BCUT2D eigenvalue weighted by atomic mass is 10.0. The van der Waals surface area contributed by atoms with Crippen LogP contribution in [0.5, 0.6) is 0 Å². The van der Waals surface area contributed by atoms with E-state index in [0.717, 1.165) is 30.7 Å². The number of H-pyrrole nitrogens is 1. The Balaban J connectivity index is 1.38. The summed E-state index contributed by atoms with van der Waals surface area (Å²) < 4.78 is 20.1. The van der Waals surface area contributed by atoms with Crippen LogP contribution in [0.15, 0.2) is 54.9 Å². The number of carbonyl (C=O) groups excluding carboxylic acids is 2. The Bertz CT molecular complexity index is 1080. The Labute approximate surface area is 185 Å². The number of nitrogens with one attached hydrogen (secondary N) is 2. The van der Waals surface area contributed by atoms with Gasteiger partial charge in [-0.25, -0.2) is 14.2 Å². The van der Waals surface area contributed by atoms with E-state index in [4.69, 9.17) is 4.74 Å². The Morgan fingerprint density at radius 1 is 1.25 bits per heavy atom. The lowest BCUT2D eigenvalue weighted by molar-refractivity contribution is -0.119. The Morgan fingerprint density at radius 3 is 2.75 bits per heavy atom. The number of carbonyl (C=O) groups is 2. The maximum Gasteiger partial charge on any atom is 0.414 e. The highest BCUT2D eigenvalue weighted by molar-refractivity contribution is 5.90. The van der Waals surface area contributed by atoms with Gasteiger partial charge in [0.05, 0.1) is 18.8 Å². The molecule has 1 fully saturated rings. The first-order valence-electron chi connectivity index (χ1n) is 10.6. The van der Waals surface area contributed by atoms with E-state index in [9.17, 15) is 14.0 Å². The fourth-order valence-corrected chi connectivity index (χ4v) is 3.75. The first-order valence-corrected chi connectivity index (χ1v) is 10.6. The highest BCUT2D eigenvalue weighted by Crippen LogP contribution is 2.29. The van der Waals surface area contributed by atoms with Gasteiger partial charge >= 0.3 is 6.09 Å². The van der Waals surface area contributed by atoms with Crippen LogP contribution in [0.3, 0.4) is 0 Å². The van der Waals surface area contributed by atoms with Gasteiger partial charge in [-0.15, -0.1) is 0 Å². The van der Waals surface area contributed by atoms with Gasteiger partial charge < -0.3 is 15.0 Å². The van der Waals surface area contributed by atoms with Crippen LogP contribution in [0, 0.1) is 5.82 Å². The van der Waals surface area contributed by atoms with Gasteiger partial charge in [-0.3, -0.25) is 9.69 Å². The summed E-state index contributed by atoms with van der Waals surface area (Å²) in [6, 6.07) is 12.6. The molecule has 2 amide bonds. The van der Waals surface area contributed by atoms with Crippen LogP contribution >= 0.6 is 0 Å². The molecule has 0 unspecified atom stereocenters. The summed E-state index contributed by atoms with van der Waals surface area (Å²) in [5.74, 6) is 0.372. The molecule has 8 heteroatoms. The number of amides is 2. The van der Waals surface area contributed by atoms with Gasteiger partial charge in [0.15, 0.2) is 0 Å². The lowest BCUT2D eigenvalue weighted by Gasteiger charge is -2.14. The van der Waals surface area contributed by atoms with Gasteiger partial charge in [-0.2, -0.15) is 0 Å². The topological polar surface area (TPSA) is 87.3 Å². The summed E-state index contributed by atoms with van der Waals surface area (Å²) in [5, 5.41) is 2.62. The molecule has 0 spiro atoms. The molecule has 2 heterocycles. The third-order valence-electron chi connectivity index (χ3n) is 5.42. The Hall–Kier alpha value is -3.68. The van der Waals surface area contributed by atoms with Crippen molar-refractivity contribution in [3.05, 3.63) is 72.1 Å². The van der Waals surface area contributed by atoms with Gasteiger partial charge in [0, 0.05) is 31.3 Å². The minimum absolute atomic E-state index is 0.196. The number of aromatic amines is 1. The summed E-state index contributed by atoms with van der Waals surface area (Å²) in [7, 11) is 0. The molecule has 0 aliphatic carbocycles. The van der Waals surface area contributed by atoms with Crippen molar-refractivity contribution < 1.29 is 18.7 Å². The summed E-state index contributed by atoms with van der Waals surface area (Å²) in [6.07, 6.45) is 5.33. The van der Waals surface area contributed by atoms with Gasteiger partial charge in [0.25, 0.3) is 0 Å². The highest BCUT2D eigenvalue weighted by atomic mass is 19.1. The van der Waals surface area contributed by atoms with Crippen LogP contribution in [0.4, 0.5) is 14.9 Å². The highest BCUT2D eigenvalue weighted by Gasteiger charge is 2.32. The number of benzene rings is 2. The SMILES string of the molecule is CC(=O)NC[C@H]1CN(c2ccc(-c3ccc(CCCc4ncc[nH]4)cc3)c(F)c2)C(=O)O1. The fraction of sp³-hybridized carbons (Fsp3) is 0.292. The maximum atomic E-state index is 14.9. The van der Waals surface area contributed by atoms with E-state index in [1.807, 2.05) is 30.5 Å². The molecule has 1 aliphatic heterocycles. The van der Waals surface area contributed by atoms with Crippen molar-refractivity contribution >= 4 is 17.7 Å².